The number of rotatable bonds is 5. The second-order valence-corrected chi connectivity index (χ2v) is 9.67. The van der Waals surface area contributed by atoms with Crippen LogP contribution < -0.4 is 5.32 Å². The standard InChI is InChI=1S/C14H17F3N2O5S2/c1-25(21,22)11-6-2-3-7-12(11)26(23,24)19-8-4-5-10(19)13(20)18-9-14(15,16)17/h2-3,6-7,10H,4-5,8-9H2,1H3,(H,18,20). The number of alkyl halides is 3. The average molecular weight is 414 g/mol. The van der Waals surface area contributed by atoms with Gasteiger partial charge in [0, 0.05) is 12.8 Å². The quantitative estimate of drug-likeness (QED) is 0.772. The van der Waals surface area contributed by atoms with Crippen molar-refractivity contribution >= 4 is 25.8 Å². The van der Waals surface area contributed by atoms with E-state index in [1.165, 1.54) is 12.1 Å². The van der Waals surface area contributed by atoms with Crippen LogP contribution in [0.1, 0.15) is 12.8 Å². The van der Waals surface area contributed by atoms with E-state index in [0.29, 0.717) is 0 Å². The lowest BCUT2D eigenvalue weighted by Gasteiger charge is -2.24. The lowest BCUT2D eigenvalue weighted by atomic mass is 10.2. The van der Waals surface area contributed by atoms with Crippen molar-refractivity contribution in [3.05, 3.63) is 24.3 Å². The Morgan fingerprint density at radius 3 is 2.31 bits per heavy atom. The zero-order valence-electron chi connectivity index (χ0n) is 13.7. The molecule has 1 heterocycles. The van der Waals surface area contributed by atoms with Crippen molar-refractivity contribution in [2.45, 2.75) is 34.9 Å². The van der Waals surface area contributed by atoms with Gasteiger partial charge in [0.2, 0.25) is 15.9 Å². The van der Waals surface area contributed by atoms with Crippen LogP contribution in [0.4, 0.5) is 13.2 Å². The second kappa shape index (κ2) is 7.16. The van der Waals surface area contributed by atoms with E-state index in [9.17, 15) is 34.8 Å². The van der Waals surface area contributed by atoms with E-state index in [1.807, 2.05) is 0 Å². The Hall–Kier alpha value is -1.66. The van der Waals surface area contributed by atoms with Crippen LogP contribution in [-0.4, -0.2) is 58.6 Å². The summed E-state index contributed by atoms with van der Waals surface area (Å²) in [4.78, 5) is 11.1. The van der Waals surface area contributed by atoms with E-state index in [4.69, 9.17) is 0 Å². The highest BCUT2D eigenvalue weighted by molar-refractivity contribution is 7.93. The molecule has 1 aliphatic rings. The van der Waals surface area contributed by atoms with E-state index in [-0.39, 0.29) is 19.4 Å². The summed E-state index contributed by atoms with van der Waals surface area (Å²) in [6, 6.07) is 3.57. The molecule has 1 aromatic rings. The fourth-order valence-corrected chi connectivity index (χ4v) is 5.95. The van der Waals surface area contributed by atoms with E-state index in [1.54, 1.807) is 5.32 Å². The zero-order valence-corrected chi connectivity index (χ0v) is 15.3. The maximum absolute atomic E-state index is 12.9. The number of carbonyl (C=O) groups excluding carboxylic acids is 1. The first-order valence-electron chi connectivity index (χ1n) is 7.49. The van der Waals surface area contributed by atoms with Crippen LogP contribution in [0.3, 0.4) is 0 Å². The predicted molar refractivity (Wildman–Crippen MR) is 85.5 cm³/mol. The highest BCUT2D eigenvalue weighted by Crippen LogP contribution is 2.30. The summed E-state index contributed by atoms with van der Waals surface area (Å²) in [5.41, 5.74) is 0. The van der Waals surface area contributed by atoms with Gasteiger partial charge in [0.1, 0.15) is 17.5 Å². The molecule has 1 N–H and O–H groups in total. The molecule has 1 saturated heterocycles. The number of benzene rings is 1. The highest BCUT2D eigenvalue weighted by Gasteiger charge is 2.41. The molecule has 12 heteroatoms. The zero-order chi connectivity index (χ0) is 19.8. The summed E-state index contributed by atoms with van der Waals surface area (Å²) in [5, 5.41) is 1.67. The first-order chi connectivity index (χ1) is 11.8. The lowest BCUT2D eigenvalue weighted by molar-refractivity contribution is -0.140. The average Bonchev–Trinajstić information content (AvgIpc) is 3.01. The maximum Gasteiger partial charge on any atom is 0.405 e. The summed E-state index contributed by atoms with van der Waals surface area (Å²) in [5.74, 6) is -1.07. The number of halogens is 3. The minimum atomic E-state index is -4.62. The van der Waals surface area contributed by atoms with Gasteiger partial charge in [-0.25, -0.2) is 16.8 Å². The molecule has 0 spiro atoms. The van der Waals surface area contributed by atoms with Crippen molar-refractivity contribution < 1.29 is 34.8 Å². The predicted octanol–water partition coefficient (Wildman–Crippen LogP) is 0.922. The summed E-state index contributed by atoms with van der Waals surface area (Å²) in [6.45, 7) is -1.67. The van der Waals surface area contributed by atoms with Crippen LogP contribution in [0.15, 0.2) is 34.1 Å². The van der Waals surface area contributed by atoms with Crippen LogP contribution in [0.5, 0.6) is 0 Å². The number of nitrogens with zero attached hydrogens (tertiary/aromatic N) is 1. The number of hydrogen-bond donors (Lipinski definition) is 1. The van der Waals surface area contributed by atoms with E-state index in [0.717, 1.165) is 22.7 Å². The van der Waals surface area contributed by atoms with Crippen LogP contribution in [0.2, 0.25) is 0 Å². The third-order valence-corrected chi connectivity index (χ3v) is 7.06. The molecule has 1 aliphatic heterocycles. The number of sulfone groups is 1. The topological polar surface area (TPSA) is 101 Å². The summed E-state index contributed by atoms with van der Waals surface area (Å²) in [7, 11) is -8.26. The molecule has 7 nitrogen and oxygen atoms in total. The van der Waals surface area contributed by atoms with Gasteiger partial charge in [-0.05, 0) is 25.0 Å². The molecular weight excluding hydrogens is 397 g/mol. The molecule has 26 heavy (non-hydrogen) atoms. The van der Waals surface area contributed by atoms with Gasteiger partial charge in [0.05, 0.1) is 4.90 Å². The lowest BCUT2D eigenvalue weighted by Crippen LogP contribution is -2.48. The molecule has 0 bridgehead atoms. The van der Waals surface area contributed by atoms with E-state index in [2.05, 4.69) is 0 Å². The van der Waals surface area contributed by atoms with Crippen molar-refractivity contribution in [1.82, 2.24) is 9.62 Å². The van der Waals surface area contributed by atoms with Crippen LogP contribution >= 0.6 is 0 Å². The summed E-state index contributed by atoms with van der Waals surface area (Å²) >= 11 is 0. The minimum absolute atomic E-state index is 0.0456. The number of sulfonamides is 1. The molecule has 1 unspecified atom stereocenters. The Balaban J connectivity index is 2.36. The van der Waals surface area contributed by atoms with Gasteiger partial charge in [-0.2, -0.15) is 17.5 Å². The van der Waals surface area contributed by atoms with Gasteiger partial charge in [0.15, 0.2) is 9.84 Å². The number of carbonyl (C=O) groups is 1. The molecule has 1 aromatic carbocycles. The van der Waals surface area contributed by atoms with Crippen molar-refractivity contribution in [1.29, 1.82) is 0 Å². The van der Waals surface area contributed by atoms with Gasteiger partial charge in [-0.3, -0.25) is 4.79 Å². The Bertz CT molecular complexity index is 897. The smallest absolute Gasteiger partial charge is 0.346 e. The molecule has 0 radical (unpaired) electrons. The molecule has 0 saturated carbocycles. The van der Waals surface area contributed by atoms with Crippen LogP contribution in [0.25, 0.3) is 0 Å². The Kier molecular flexibility index (Phi) is 5.69. The van der Waals surface area contributed by atoms with Crippen molar-refractivity contribution in [2.24, 2.45) is 0 Å². The van der Waals surface area contributed by atoms with Crippen LogP contribution in [0, 0.1) is 0 Å². The Morgan fingerprint density at radius 2 is 1.77 bits per heavy atom. The van der Waals surface area contributed by atoms with Gasteiger partial charge in [0.25, 0.3) is 0 Å². The monoisotopic (exact) mass is 414 g/mol. The first kappa shape index (κ1) is 20.6. The number of hydrogen-bond acceptors (Lipinski definition) is 5. The second-order valence-electron chi connectivity index (χ2n) is 5.83. The third-order valence-electron chi connectivity index (χ3n) is 3.80. The highest BCUT2D eigenvalue weighted by atomic mass is 32.2. The van der Waals surface area contributed by atoms with Gasteiger partial charge < -0.3 is 5.32 Å². The van der Waals surface area contributed by atoms with E-state index >= 15 is 0 Å². The molecule has 146 valence electrons. The van der Waals surface area contributed by atoms with Crippen LogP contribution in [-0.2, 0) is 24.7 Å². The first-order valence-corrected chi connectivity index (χ1v) is 10.8. The molecule has 1 atom stereocenters. The Morgan fingerprint density at radius 1 is 1.19 bits per heavy atom. The molecular formula is C14H17F3N2O5S2. The SMILES string of the molecule is CS(=O)(=O)c1ccccc1S(=O)(=O)N1CCCC1C(=O)NCC(F)(F)F. The summed E-state index contributed by atoms with van der Waals surface area (Å²) in [6.07, 6.45) is -3.46. The number of amides is 1. The molecule has 1 fully saturated rings. The number of nitrogens with one attached hydrogen (secondary N) is 1. The van der Waals surface area contributed by atoms with Crippen molar-refractivity contribution in [2.75, 3.05) is 19.3 Å². The molecule has 1 amide bonds. The Labute approximate surface area is 149 Å². The third kappa shape index (κ3) is 4.54. The maximum atomic E-state index is 12.9. The fraction of sp³-hybridized carbons (Fsp3) is 0.500. The van der Waals surface area contributed by atoms with Crippen molar-refractivity contribution in [3.8, 4) is 0 Å². The molecule has 0 aliphatic carbocycles. The fourth-order valence-electron chi connectivity index (χ4n) is 2.69. The van der Waals surface area contributed by atoms with Gasteiger partial charge in [-0.15, -0.1) is 0 Å². The summed E-state index contributed by atoms with van der Waals surface area (Å²) < 4.78 is 87.0. The normalized spacial score (nSPS) is 19.5. The largest absolute Gasteiger partial charge is 0.405 e. The van der Waals surface area contributed by atoms with Gasteiger partial charge >= 0.3 is 6.18 Å². The van der Waals surface area contributed by atoms with Gasteiger partial charge in [-0.1, -0.05) is 12.1 Å². The molecule has 2 rings (SSSR count). The van der Waals surface area contributed by atoms with Crippen molar-refractivity contribution in [3.63, 3.8) is 0 Å². The minimum Gasteiger partial charge on any atom is -0.346 e. The molecule has 0 aromatic heterocycles. The van der Waals surface area contributed by atoms with E-state index < -0.39 is 54.3 Å².